The summed E-state index contributed by atoms with van der Waals surface area (Å²) >= 11 is 7.53. The normalized spacial score (nSPS) is 14.9. The molecular weight excluding hydrogens is 548 g/mol. The van der Waals surface area contributed by atoms with Crippen LogP contribution in [0.3, 0.4) is 0 Å². The second kappa shape index (κ2) is 11.9. The zero-order valence-electron chi connectivity index (χ0n) is 22.2. The SMILES string of the molecule is CCOC(=O)C1=C(C)N=c2sc(=Cc3cccc(OCc4ccccc4Cl)c3)c(=O)n2C1c1ccc(OC)cc1. The van der Waals surface area contributed by atoms with Gasteiger partial charge in [-0.1, -0.05) is 65.4 Å². The maximum atomic E-state index is 13.8. The van der Waals surface area contributed by atoms with E-state index < -0.39 is 12.0 Å². The van der Waals surface area contributed by atoms with Crippen LogP contribution >= 0.6 is 22.9 Å². The Balaban J connectivity index is 1.55. The lowest BCUT2D eigenvalue weighted by Gasteiger charge is -2.24. The zero-order valence-corrected chi connectivity index (χ0v) is 23.8. The fourth-order valence-corrected chi connectivity index (χ4v) is 5.75. The Hall–Kier alpha value is -4.14. The van der Waals surface area contributed by atoms with Crippen molar-refractivity contribution in [1.82, 2.24) is 4.57 Å². The average Bonchev–Trinajstić information content (AvgIpc) is 3.26. The average molecular weight is 575 g/mol. The maximum Gasteiger partial charge on any atom is 0.338 e. The Morgan fingerprint density at radius 1 is 1.07 bits per heavy atom. The summed E-state index contributed by atoms with van der Waals surface area (Å²) in [6, 6.07) is 21.6. The molecule has 0 aliphatic carbocycles. The molecule has 0 radical (unpaired) electrons. The molecule has 0 N–H and O–H groups in total. The first-order chi connectivity index (χ1) is 19.4. The first-order valence-corrected chi connectivity index (χ1v) is 13.9. The van der Waals surface area contributed by atoms with Crippen LogP contribution in [0.5, 0.6) is 11.5 Å². The molecule has 1 aromatic heterocycles. The van der Waals surface area contributed by atoms with Gasteiger partial charge < -0.3 is 14.2 Å². The quantitative estimate of drug-likeness (QED) is 0.276. The molecule has 1 aliphatic heterocycles. The van der Waals surface area contributed by atoms with Gasteiger partial charge in [-0.25, -0.2) is 9.79 Å². The summed E-state index contributed by atoms with van der Waals surface area (Å²) in [4.78, 5) is 32.0. The van der Waals surface area contributed by atoms with Gasteiger partial charge >= 0.3 is 5.97 Å². The largest absolute Gasteiger partial charge is 0.497 e. The van der Waals surface area contributed by atoms with Crippen LogP contribution in [0.15, 0.2) is 93.9 Å². The lowest BCUT2D eigenvalue weighted by Crippen LogP contribution is -2.39. The molecule has 0 spiro atoms. The van der Waals surface area contributed by atoms with E-state index >= 15 is 0 Å². The highest BCUT2D eigenvalue weighted by Gasteiger charge is 2.33. The van der Waals surface area contributed by atoms with Gasteiger partial charge in [-0.15, -0.1) is 0 Å². The molecule has 204 valence electrons. The number of nitrogens with zero attached hydrogens (tertiary/aromatic N) is 2. The number of carbonyl (C=O) groups is 1. The van der Waals surface area contributed by atoms with E-state index in [-0.39, 0.29) is 12.2 Å². The molecule has 3 aromatic carbocycles. The number of thiazole rings is 1. The van der Waals surface area contributed by atoms with Gasteiger partial charge in [-0.05, 0) is 61.4 Å². The number of halogens is 1. The Morgan fingerprint density at radius 3 is 2.58 bits per heavy atom. The van der Waals surface area contributed by atoms with E-state index in [2.05, 4.69) is 4.99 Å². The van der Waals surface area contributed by atoms with Gasteiger partial charge in [-0.2, -0.15) is 0 Å². The fourth-order valence-electron chi connectivity index (χ4n) is 4.52. The third-order valence-electron chi connectivity index (χ3n) is 6.46. The lowest BCUT2D eigenvalue weighted by atomic mass is 9.96. The lowest BCUT2D eigenvalue weighted by molar-refractivity contribution is -0.139. The predicted octanol–water partition coefficient (Wildman–Crippen LogP) is 5.04. The Kier molecular flexibility index (Phi) is 8.19. The first kappa shape index (κ1) is 27.4. The summed E-state index contributed by atoms with van der Waals surface area (Å²) in [6.45, 7) is 4.05. The van der Waals surface area contributed by atoms with Crippen molar-refractivity contribution >= 4 is 35.0 Å². The standard InChI is InChI=1S/C31H27ClN2O5S/c1-4-38-30(36)27-19(2)33-31-34(28(27)21-12-14-23(37-3)15-13-21)29(35)26(40-31)17-20-8-7-10-24(16-20)39-18-22-9-5-6-11-25(22)32/h5-17,28H,4,18H2,1-3H3. The monoisotopic (exact) mass is 574 g/mol. The van der Waals surface area contributed by atoms with Crippen molar-refractivity contribution in [2.24, 2.45) is 4.99 Å². The van der Waals surface area contributed by atoms with Crippen LogP contribution in [-0.4, -0.2) is 24.3 Å². The molecule has 0 bridgehead atoms. The number of methoxy groups -OCH3 is 1. The molecule has 0 saturated heterocycles. The van der Waals surface area contributed by atoms with Crippen LogP contribution in [-0.2, 0) is 16.1 Å². The van der Waals surface area contributed by atoms with Crippen LogP contribution < -0.4 is 24.4 Å². The molecule has 2 heterocycles. The molecular formula is C31H27ClN2O5S. The molecule has 40 heavy (non-hydrogen) atoms. The van der Waals surface area contributed by atoms with Crippen LogP contribution in [0.4, 0.5) is 0 Å². The molecule has 0 saturated carbocycles. The fraction of sp³-hybridized carbons (Fsp3) is 0.194. The molecule has 7 nitrogen and oxygen atoms in total. The summed E-state index contributed by atoms with van der Waals surface area (Å²) < 4.78 is 18.7. The number of esters is 1. The van der Waals surface area contributed by atoms with Gasteiger partial charge in [-0.3, -0.25) is 9.36 Å². The van der Waals surface area contributed by atoms with Crippen LogP contribution in [0.25, 0.3) is 6.08 Å². The van der Waals surface area contributed by atoms with Crippen LogP contribution in [0.2, 0.25) is 5.02 Å². The zero-order chi connectivity index (χ0) is 28.2. The number of rotatable bonds is 8. The van der Waals surface area contributed by atoms with Crippen molar-refractivity contribution in [2.75, 3.05) is 13.7 Å². The second-order valence-electron chi connectivity index (χ2n) is 9.03. The third kappa shape index (κ3) is 5.59. The molecule has 1 atom stereocenters. The van der Waals surface area contributed by atoms with E-state index in [1.807, 2.05) is 60.7 Å². The second-order valence-corrected chi connectivity index (χ2v) is 10.4. The van der Waals surface area contributed by atoms with E-state index in [0.29, 0.717) is 43.7 Å². The van der Waals surface area contributed by atoms with Gasteiger partial charge in [0, 0.05) is 10.6 Å². The number of allylic oxidation sites excluding steroid dienone is 1. The van der Waals surface area contributed by atoms with Crippen molar-refractivity contribution in [3.8, 4) is 11.5 Å². The van der Waals surface area contributed by atoms with Crippen molar-refractivity contribution < 1.29 is 19.0 Å². The topological polar surface area (TPSA) is 79.1 Å². The summed E-state index contributed by atoms with van der Waals surface area (Å²) in [5, 5.41) is 0.642. The van der Waals surface area contributed by atoms with E-state index in [9.17, 15) is 9.59 Å². The van der Waals surface area contributed by atoms with Crippen LogP contribution in [0, 0.1) is 0 Å². The number of aromatic nitrogens is 1. The minimum atomic E-state index is -0.686. The van der Waals surface area contributed by atoms with Gasteiger partial charge in [0.25, 0.3) is 5.56 Å². The Morgan fingerprint density at radius 2 is 1.85 bits per heavy atom. The number of ether oxygens (including phenoxy) is 3. The number of hydrogen-bond acceptors (Lipinski definition) is 7. The van der Waals surface area contributed by atoms with Crippen molar-refractivity contribution in [3.63, 3.8) is 0 Å². The molecule has 5 rings (SSSR count). The molecule has 1 unspecified atom stereocenters. The van der Waals surface area contributed by atoms with Crippen LogP contribution in [0.1, 0.15) is 36.6 Å². The minimum Gasteiger partial charge on any atom is -0.497 e. The summed E-state index contributed by atoms with van der Waals surface area (Å²) in [7, 11) is 1.59. The minimum absolute atomic E-state index is 0.213. The van der Waals surface area contributed by atoms with Gasteiger partial charge in [0.1, 0.15) is 18.1 Å². The highest BCUT2D eigenvalue weighted by atomic mass is 35.5. The summed E-state index contributed by atoms with van der Waals surface area (Å²) in [5.41, 5.74) is 3.03. The van der Waals surface area contributed by atoms with E-state index in [0.717, 1.165) is 16.7 Å². The molecule has 0 fully saturated rings. The number of fused-ring (bicyclic) bond motifs is 1. The maximum absolute atomic E-state index is 13.8. The van der Waals surface area contributed by atoms with E-state index in [1.165, 1.54) is 11.3 Å². The van der Waals surface area contributed by atoms with Crippen molar-refractivity contribution in [3.05, 3.63) is 125 Å². The Labute approximate surface area is 240 Å². The number of hydrogen-bond donors (Lipinski definition) is 0. The molecule has 9 heteroatoms. The smallest absolute Gasteiger partial charge is 0.338 e. The third-order valence-corrected chi connectivity index (χ3v) is 7.81. The van der Waals surface area contributed by atoms with E-state index in [4.69, 9.17) is 25.8 Å². The molecule has 0 amide bonds. The van der Waals surface area contributed by atoms with E-state index in [1.54, 1.807) is 43.7 Å². The Bertz CT molecular complexity index is 1770. The number of carbonyl (C=O) groups excluding carboxylic acids is 1. The predicted molar refractivity (Wildman–Crippen MR) is 156 cm³/mol. The van der Waals surface area contributed by atoms with Crippen molar-refractivity contribution in [2.45, 2.75) is 26.5 Å². The summed E-state index contributed by atoms with van der Waals surface area (Å²) in [5.74, 6) is 0.825. The first-order valence-electron chi connectivity index (χ1n) is 12.7. The molecule has 1 aliphatic rings. The van der Waals surface area contributed by atoms with Crippen molar-refractivity contribution in [1.29, 1.82) is 0 Å². The summed E-state index contributed by atoms with van der Waals surface area (Å²) in [6.07, 6.45) is 1.81. The van der Waals surface area contributed by atoms with Gasteiger partial charge in [0.2, 0.25) is 0 Å². The highest BCUT2D eigenvalue weighted by molar-refractivity contribution is 7.07. The van der Waals surface area contributed by atoms with Gasteiger partial charge in [0.15, 0.2) is 4.80 Å². The number of benzene rings is 3. The molecule has 4 aromatic rings. The van der Waals surface area contributed by atoms with Gasteiger partial charge in [0.05, 0.1) is 35.6 Å². The highest BCUT2D eigenvalue weighted by Crippen LogP contribution is 2.31.